The van der Waals surface area contributed by atoms with Gasteiger partial charge in [-0.3, -0.25) is 4.79 Å². The zero-order chi connectivity index (χ0) is 19.3. The fourth-order valence-corrected chi connectivity index (χ4v) is 3.31. The normalized spacial score (nSPS) is 12.1. The van der Waals surface area contributed by atoms with E-state index in [9.17, 15) is 4.79 Å². The number of carbonyl (C=O) groups is 1. The molecule has 1 unspecified atom stereocenters. The lowest BCUT2D eigenvalue weighted by molar-refractivity contribution is -0.147. The standard InChI is InChI=1S/C24H46O2/c1-4-7-9-10-11-12-13-14-15-16-17-18-19-20-21-23(6-3)24(25)26-22-8-5-2/h6,23H,3-5,7-22H2,1-2H3. The molecular formula is C24H46O2. The highest BCUT2D eigenvalue weighted by Crippen LogP contribution is 2.16. The third-order valence-corrected chi connectivity index (χ3v) is 5.20. The molecule has 0 saturated carbocycles. The maximum Gasteiger partial charge on any atom is 0.312 e. The number of esters is 1. The van der Waals surface area contributed by atoms with Crippen LogP contribution in [0, 0.1) is 5.92 Å². The number of ether oxygens (including phenoxy) is 1. The average Bonchev–Trinajstić information content (AvgIpc) is 2.65. The maximum absolute atomic E-state index is 11.9. The Morgan fingerprint density at radius 1 is 0.731 bits per heavy atom. The second-order valence-corrected chi connectivity index (χ2v) is 7.75. The maximum atomic E-state index is 11.9. The largest absolute Gasteiger partial charge is 0.465 e. The number of unbranched alkanes of at least 4 members (excludes halogenated alkanes) is 14. The number of hydrogen-bond acceptors (Lipinski definition) is 2. The number of rotatable bonds is 20. The van der Waals surface area contributed by atoms with E-state index in [2.05, 4.69) is 20.4 Å². The fraction of sp³-hybridized carbons (Fsp3) is 0.875. The lowest BCUT2D eigenvalue weighted by Gasteiger charge is -2.12. The van der Waals surface area contributed by atoms with Gasteiger partial charge in [-0.15, -0.1) is 6.58 Å². The minimum absolute atomic E-state index is 0.0804. The molecule has 0 rings (SSSR count). The first-order valence-electron chi connectivity index (χ1n) is 11.5. The van der Waals surface area contributed by atoms with Crippen LogP contribution in [0.1, 0.15) is 123 Å². The Kier molecular flexibility index (Phi) is 19.9. The first kappa shape index (κ1) is 25.2. The van der Waals surface area contributed by atoms with E-state index >= 15 is 0 Å². The number of hydrogen-bond donors (Lipinski definition) is 0. The van der Waals surface area contributed by atoms with Crippen molar-refractivity contribution in [2.45, 2.75) is 123 Å². The molecule has 0 spiro atoms. The molecule has 0 amide bonds. The van der Waals surface area contributed by atoms with Crippen LogP contribution in [0.5, 0.6) is 0 Å². The Bertz CT molecular complexity index is 311. The minimum atomic E-state index is -0.107. The van der Waals surface area contributed by atoms with Crippen molar-refractivity contribution in [3.8, 4) is 0 Å². The van der Waals surface area contributed by atoms with Gasteiger partial charge >= 0.3 is 5.97 Å². The van der Waals surface area contributed by atoms with E-state index in [0.29, 0.717) is 6.61 Å². The summed E-state index contributed by atoms with van der Waals surface area (Å²) in [7, 11) is 0. The van der Waals surface area contributed by atoms with Gasteiger partial charge in [-0.2, -0.15) is 0 Å². The van der Waals surface area contributed by atoms with E-state index in [0.717, 1.165) is 25.7 Å². The average molecular weight is 367 g/mol. The summed E-state index contributed by atoms with van der Waals surface area (Å²) in [6, 6.07) is 0. The van der Waals surface area contributed by atoms with Crippen LogP contribution in [0.25, 0.3) is 0 Å². The Balaban J connectivity index is 3.35. The summed E-state index contributed by atoms with van der Waals surface area (Å²) >= 11 is 0. The van der Waals surface area contributed by atoms with E-state index in [1.165, 1.54) is 83.5 Å². The molecule has 2 nitrogen and oxygen atoms in total. The second kappa shape index (κ2) is 20.5. The Morgan fingerprint density at radius 2 is 1.15 bits per heavy atom. The fourth-order valence-electron chi connectivity index (χ4n) is 3.31. The molecule has 26 heavy (non-hydrogen) atoms. The van der Waals surface area contributed by atoms with E-state index in [1.54, 1.807) is 6.08 Å². The molecule has 1 atom stereocenters. The summed E-state index contributed by atoms with van der Waals surface area (Å²) in [4.78, 5) is 11.9. The van der Waals surface area contributed by atoms with Crippen LogP contribution < -0.4 is 0 Å². The van der Waals surface area contributed by atoms with Gasteiger partial charge in [0.25, 0.3) is 0 Å². The highest BCUT2D eigenvalue weighted by molar-refractivity contribution is 5.74. The molecular weight excluding hydrogens is 320 g/mol. The smallest absolute Gasteiger partial charge is 0.312 e. The molecule has 0 saturated heterocycles. The zero-order valence-electron chi connectivity index (χ0n) is 17.9. The van der Waals surface area contributed by atoms with Crippen molar-refractivity contribution >= 4 is 5.97 Å². The molecule has 0 radical (unpaired) electrons. The predicted molar refractivity (Wildman–Crippen MR) is 114 cm³/mol. The van der Waals surface area contributed by atoms with Crippen LogP contribution in [-0.4, -0.2) is 12.6 Å². The van der Waals surface area contributed by atoms with Crippen LogP contribution in [0.15, 0.2) is 12.7 Å². The number of carbonyl (C=O) groups excluding carboxylic acids is 1. The van der Waals surface area contributed by atoms with Gasteiger partial charge in [-0.05, 0) is 12.8 Å². The lowest BCUT2D eigenvalue weighted by atomic mass is 10.00. The summed E-state index contributed by atoms with van der Waals surface area (Å²) in [6.07, 6.45) is 23.7. The molecule has 0 fully saturated rings. The van der Waals surface area contributed by atoms with E-state index in [1.807, 2.05) is 0 Å². The van der Waals surface area contributed by atoms with Crippen LogP contribution in [0.2, 0.25) is 0 Å². The Morgan fingerprint density at radius 3 is 1.58 bits per heavy atom. The van der Waals surface area contributed by atoms with Crippen molar-refractivity contribution in [2.75, 3.05) is 6.61 Å². The molecule has 0 aromatic rings. The molecule has 0 aromatic heterocycles. The molecule has 0 aliphatic carbocycles. The van der Waals surface area contributed by atoms with Gasteiger partial charge in [0.2, 0.25) is 0 Å². The minimum Gasteiger partial charge on any atom is -0.465 e. The first-order valence-corrected chi connectivity index (χ1v) is 11.5. The van der Waals surface area contributed by atoms with Crippen LogP contribution in [0.4, 0.5) is 0 Å². The van der Waals surface area contributed by atoms with Crippen LogP contribution >= 0.6 is 0 Å². The summed E-state index contributed by atoms with van der Waals surface area (Å²) in [5.41, 5.74) is 0. The molecule has 2 heteroatoms. The summed E-state index contributed by atoms with van der Waals surface area (Å²) in [6.45, 7) is 8.73. The Hall–Kier alpha value is -0.790. The molecule has 154 valence electrons. The van der Waals surface area contributed by atoms with Gasteiger partial charge in [0, 0.05) is 0 Å². The quantitative estimate of drug-likeness (QED) is 0.124. The van der Waals surface area contributed by atoms with Crippen molar-refractivity contribution in [1.82, 2.24) is 0 Å². The van der Waals surface area contributed by atoms with E-state index < -0.39 is 0 Å². The van der Waals surface area contributed by atoms with Crippen molar-refractivity contribution in [3.05, 3.63) is 12.7 Å². The third-order valence-electron chi connectivity index (χ3n) is 5.20. The van der Waals surface area contributed by atoms with Gasteiger partial charge in [0.05, 0.1) is 12.5 Å². The topological polar surface area (TPSA) is 26.3 Å². The van der Waals surface area contributed by atoms with Crippen molar-refractivity contribution in [3.63, 3.8) is 0 Å². The van der Waals surface area contributed by atoms with Gasteiger partial charge in [-0.1, -0.05) is 116 Å². The van der Waals surface area contributed by atoms with Gasteiger partial charge in [-0.25, -0.2) is 0 Å². The summed E-state index contributed by atoms with van der Waals surface area (Å²) < 4.78 is 5.29. The highest BCUT2D eigenvalue weighted by atomic mass is 16.5. The molecule has 0 N–H and O–H groups in total. The summed E-state index contributed by atoms with van der Waals surface area (Å²) in [5.74, 6) is -0.188. The lowest BCUT2D eigenvalue weighted by Crippen LogP contribution is -2.16. The molecule has 0 aliphatic rings. The monoisotopic (exact) mass is 366 g/mol. The van der Waals surface area contributed by atoms with Crippen molar-refractivity contribution in [1.29, 1.82) is 0 Å². The Labute approximate surface area is 164 Å². The van der Waals surface area contributed by atoms with E-state index in [4.69, 9.17) is 4.74 Å². The van der Waals surface area contributed by atoms with Crippen molar-refractivity contribution in [2.24, 2.45) is 5.92 Å². The SMILES string of the molecule is C=CC(CCCCCCCCCCCCCCCC)C(=O)OCCCC. The van der Waals surface area contributed by atoms with Gasteiger partial charge in [0.15, 0.2) is 0 Å². The molecule has 0 aliphatic heterocycles. The van der Waals surface area contributed by atoms with Crippen LogP contribution in [-0.2, 0) is 9.53 Å². The first-order chi connectivity index (χ1) is 12.8. The summed E-state index contributed by atoms with van der Waals surface area (Å²) in [5, 5.41) is 0. The van der Waals surface area contributed by atoms with Crippen molar-refractivity contribution < 1.29 is 9.53 Å². The van der Waals surface area contributed by atoms with Gasteiger partial charge in [0.1, 0.15) is 0 Å². The third kappa shape index (κ3) is 16.7. The predicted octanol–water partition coefficient (Wildman–Crippen LogP) is 8.00. The highest BCUT2D eigenvalue weighted by Gasteiger charge is 2.15. The molecule has 0 heterocycles. The van der Waals surface area contributed by atoms with Gasteiger partial charge < -0.3 is 4.74 Å². The van der Waals surface area contributed by atoms with E-state index in [-0.39, 0.29) is 11.9 Å². The molecule has 0 aromatic carbocycles. The molecule has 0 bridgehead atoms. The zero-order valence-corrected chi connectivity index (χ0v) is 17.9. The van der Waals surface area contributed by atoms with Crippen LogP contribution in [0.3, 0.4) is 0 Å². The second-order valence-electron chi connectivity index (χ2n) is 7.75.